The normalized spacial score (nSPS) is 11.6. The summed E-state index contributed by atoms with van der Waals surface area (Å²) in [5.41, 5.74) is 6.27. The molecule has 0 radical (unpaired) electrons. The van der Waals surface area contributed by atoms with Gasteiger partial charge in [-0.3, -0.25) is 0 Å². The topological polar surface area (TPSA) is 70.1 Å². The number of esters is 1. The van der Waals surface area contributed by atoms with E-state index in [0.29, 0.717) is 12.4 Å². The minimum absolute atomic E-state index is 0.118. The fourth-order valence-corrected chi connectivity index (χ4v) is 2.24. The van der Waals surface area contributed by atoms with Gasteiger partial charge >= 0.3 is 5.97 Å². The van der Waals surface area contributed by atoms with E-state index in [1.54, 1.807) is 6.92 Å². The molecule has 5 nitrogen and oxygen atoms in total. The van der Waals surface area contributed by atoms with Crippen molar-refractivity contribution in [2.75, 3.05) is 12.3 Å². The van der Waals surface area contributed by atoms with Gasteiger partial charge in [-0.05, 0) is 26.7 Å². The van der Waals surface area contributed by atoms with Crippen molar-refractivity contribution in [3.05, 3.63) is 11.5 Å². The molecule has 1 heterocycles. The van der Waals surface area contributed by atoms with Gasteiger partial charge in [0.25, 0.3) is 0 Å². The Kier molecular flexibility index (Phi) is 4.97. The van der Waals surface area contributed by atoms with Crippen LogP contribution < -0.4 is 5.73 Å². The Morgan fingerprint density at radius 2 is 1.89 bits per heavy atom. The second kappa shape index (κ2) is 6.08. The quantitative estimate of drug-likeness (QED) is 0.804. The molecule has 0 fully saturated rings. The maximum absolute atomic E-state index is 11.9. The molecule has 1 rings (SSSR count). The van der Waals surface area contributed by atoms with Crippen LogP contribution in [0.15, 0.2) is 0 Å². The highest BCUT2D eigenvalue weighted by atomic mass is 16.5. The highest BCUT2D eigenvalue weighted by Gasteiger charge is 2.30. The van der Waals surface area contributed by atoms with Gasteiger partial charge in [-0.25, -0.2) is 9.78 Å². The lowest BCUT2D eigenvalue weighted by molar-refractivity contribution is 0.0521. The monoisotopic (exact) mass is 267 g/mol. The predicted octanol–water partition coefficient (Wildman–Crippen LogP) is 2.74. The van der Waals surface area contributed by atoms with Crippen LogP contribution in [0.25, 0.3) is 0 Å². The van der Waals surface area contributed by atoms with E-state index >= 15 is 0 Å². The zero-order valence-corrected chi connectivity index (χ0v) is 12.6. The maximum Gasteiger partial charge on any atom is 0.360 e. The smallest absolute Gasteiger partial charge is 0.360 e. The van der Waals surface area contributed by atoms with Crippen molar-refractivity contribution >= 4 is 11.8 Å². The van der Waals surface area contributed by atoms with Crippen LogP contribution in [0.2, 0.25) is 0 Å². The number of hydrogen-bond donors (Lipinski definition) is 1. The lowest BCUT2D eigenvalue weighted by Crippen LogP contribution is -2.31. The van der Waals surface area contributed by atoms with E-state index in [1.165, 1.54) is 0 Å². The molecule has 1 aromatic rings. The number of nitrogen functional groups attached to an aromatic ring is 1. The van der Waals surface area contributed by atoms with Crippen molar-refractivity contribution in [2.24, 2.45) is 0 Å². The van der Waals surface area contributed by atoms with Gasteiger partial charge in [-0.1, -0.05) is 20.8 Å². The minimum atomic E-state index is -0.442. The standard InChI is InChI=1S/C14H25N3O2/c1-6-10-16-11(13(18)19-9-4)12(15)17(10)14(5,7-2)8-3/h6-9,15H2,1-5H3. The Balaban J connectivity index is 3.36. The maximum atomic E-state index is 11.9. The summed E-state index contributed by atoms with van der Waals surface area (Å²) in [6, 6.07) is 0. The molecule has 1 aromatic heterocycles. The number of nitrogens with two attached hydrogens (primary N) is 1. The molecule has 5 heteroatoms. The van der Waals surface area contributed by atoms with E-state index in [-0.39, 0.29) is 11.2 Å². The van der Waals surface area contributed by atoms with Gasteiger partial charge in [0.15, 0.2) is 5.69 Å². The Bertz CT molecular complexity index is 448. The van der Waals surface area contributed by atoms with Crippen LogP contribution in [0.4, 0.5) is 5.82 Å². The zero-order valence-electron chi connectivity index (χ0n) is 12.6. The summed E-state index contributed by atoms with van der Waals surface area (Å²) in [6.07, 6.45) is 2.60. The van der Waals surface area contributed by atoms with Crippen LogP contribution in [0.3, 0.4) is 0 Å². The van der Waals surface area contributed by atoms with Crippen LogP contribution in [0.1, 0.15) is 63.8 Å². The molecule has 0 atom stereocenters. The molecule has 0 aliphatic rings. The second-order valence-corrected chi connectivity index (χ2v) is 4.88. The van der Waals surface area contributed by atoms with E-state index < -0.39 is 5.97 Å². The molecule has 0 saturated carbocycles. The summed E-state index contributed by atoms with van der Waals surface area (Å²) in [6.45, 7) is 10.5. The molecule has 0 unspecified atom stereocenters. The number of aryl methyl sites for hydroxylation is 1. The Labute approximate surface area is 115 Å². The highest BCUT2D eigenvalue weighted by Crippen LogP contribution is 2.31. The van der Waals surface area contributed by atoms with Gasteiger partial charge in [-0.15, -0.1) is 0 Å². The number of nitrogens with zero attached hydrogens (tertiary/aromatic N) is 2. The van der Waals surface area contributed by atoms with E-state index in [9.17, 15) is 4.79 Å². The fourth-order valence-electron chi connectivity index (χ4n) is 2.24. The molecule has 2 N–H and O–H groups in total. The predicted molar refractivity (Wildman–Crippen MR) is 76.2 cm³/mol. The molecule has 0 aliphatic carbocycles. The molecule has 0 amide bonds. The van der Waals surface area contributed by atoms with Crippen molar-refractivity contribution in [1.82, 2.24) is 9.55 Å². The van der Waals surface area contributed by atoms with Crippen molar-refractivity contribution in [1.29, 1.82) is 0 Å². The molecule has 19 heavy (non-hydrogen) atoms. The van der Waals surface area contributed by atoms with Crippen molar-refractivity contribution in [2.45, 2.75) is 59.4 Å². The summed E-state index contributed by atoms with van der Waals surface area (Å²) in [5, 5.41) is 0. The van der Waals surface area contributed by atoms with Gasteiger partial charge in [0, 0.05) is 12.0 Å². The van der Waals surface area contributed by atoms with E-state index in [2.05, 4.69) is 25.8 Å². The largest absolute Gasteiger partial charge is 0.461 e. The number of anilines is 1. The molecule has 0 spiro atoms. The van der Waals surface area contributed by atoms with Crippen LogP contribution >= 0.6 is 0 Å². The van der Waals surface area contributed by atoms with Crippen LogP contribution in [0.5, 0.6) is 0 Å². The number of imidazole rings is 1. The van der Waals surface area contributed by atoms with Crippen molar-refractivity contribution in [3.8, 4) is 0 Å². The third-order valence-corrected chi connectivity index (χ3v) is 3.83. The van der Waals surface area contributed by atoms with E-state index in [1.807, 2.05) is 11.5 Å². The first-order valence-electron chi connectivity index (χ1n) is 6.99. The number of carbonyl (C=O) groups is 1. The van der Waals surface area contributed by atoms with E-state index in [4.69, 9.17) is 10.5 Å². The number of carbonyl (C=O) groups excluding carboxylic acids is 1. The fraction of sp³-hybridized carbons (Fsp3) is 0.714. The number of rotatable bonds is 6. The SMILES string of the molecule is CCOC(=O)c1nc(CC)n(C(C)(CC)CC)c1N. The number of hydrogen-bond acceptors (Lipinski definition) is 4. The average Bonchev–Trinajstić information content (AvgIpc) is 2.75. The Morgan fingerprint density at radius 1 is 1.32 bits per heavy atom. The van der Waals surface area contributed by atoms with Crippen molar-refractivity contribution < 1.29 is 9.53 Å². The zero-order chi connectivity index (χ0) is 14.6. The van der Waals surface area contributed by atoms with Gasteiger partial charge < -0.3 is 15.0 Å². The first-order chi connectivity index (χ1) is 8.95. The molecular weight excluding hydrogens is 242 g/mol. The molecule has 0 saturated heterocycles. The first kappa shape index (κ1) is 15.5. The molecule has 108 valence electrons. The summed E-state index contributed by atoms with van der Waals surface area (Å²) in [7, 11) is 0. The Morgan fingerprint density at radius 3 is 2.32 bits per heavy atom. The van der Waals surface area contributed by atoms with Gasteiger partial charge in [0.2, 0.25) is 0 Å². The highest BCUT2D eigenvalue weighted by molar-refractivity contribution is 5.92. The Hall–Kier alpha value is -1.52. The summed E-state index contributed by atoms with van der Waals surface area (Å²) >= 11 is 0. The summed E-state index contributed by atoms with van der Waals surface area (Å²) in [4.78, 5) is 16.2. The molecule has 0 aromatic carbocycles. The average molecular weight is 267 g/mol. The molecular formula is C14H25N3O2. The molecule has 0 aliphatic heterocycles. The van der Waals surface area contributed by atoms with E-state index in [0.717, 1.165) is 25.1 Å². The third kappa shape index (κ3) is 2.74. The lowest BCUT2D eigenvalue weighted by atomic mass is 9.94. The van der Waals surface area contributed by atoms with Gasteiger partial charge in [0.1, 0.15) is 11.6 Å². The number of ether oxygens (including phenoxy) is 1. The van der Waals surface area contributed by atoms with Crippen molar-refractivity contribution in [3.63, 3.8) is 0 Å². The molecule has 0 bridgehead atoms. The van der Waals surface area contributed by atoms with Crippen LogP contribution in [-0.2, 0) is 16.7 Å². The number of aromatic nitrogens is 2. The first-order valence-corrected chi connectivity index (χ1v) is 6.99. The van der Waals surface area contributed by atoms with Crippen LogP contribution in [0, 0.1) is 0 Å². The summed E-state index contributed by atoms with van der Waals surface area (Å²) in [5.74, 6) is 0.816. The third-order valence-electron chi connectivity index (χ3n) is 3.83. The van der Waals surface area contributed by atoms with Gasteiger partial charge in [-0.2, -0.15) is 0 Å². The van der Waals surface area contributed by atoms with Gasteiger partial charge in [0.05, 0.1) is 6.61 Å². The minimum Gasteiger partial charge on any atom is -0.461 e. The van der Waals surface area contributed by atoms with Crippen LogP contribution in [-0.4, -0.2) is 22.1 Å². The second-order valence-electron chi connectivity index (χ2n) is 4.88. The lowest BCUT2D eigenvalue weighted by Gasteiger charge is -2.31. The summed E-state index contributed by atoms with van der Waals surface area (Å²) < 4.78 is 7.01.